The third-order valence-electron chi connectivity index (χ3n) is 3.40. The highest BCUT2D eigenvalue weighted by molar-refractivity contribution is 7.89. The molecule has 0 radical (unpaired) electrons. The van der Waals surface area contributed by atoms with E-state index < -0.39 is 10.0 Å². The minimum atomic E-state index is -3.17. The molecule has 4 nitrogen and oxygen atoms in total. The number of anilines is 1. The number of unbranched alkanes of at least 4 members (excludes halogenated alkanes) is 1. The van der Waals surface area contributed by atoms with E-state index in [9.17, 15) is 8.42 Å². The average Bonchev–Trinajstić information content (AvgIpc) is 2.71. The maximum Gasteiger partial charge on any atom is 0.212 e. The number of nitrogens with two attached hydrogens (primary N) is 1. The summed E-state index contributed by atoms with van der Waals surface area (Å²) in [5.74, 6) is 0.206. The van der Waals surface area contributed by atoms with Crippen molar-refractivity contribution in [1.82, 2.24) is 4.72 Å². The Balaban J connectivity index is 2.13. The molecule has 0 saturated heterocycles. The van der Waals surface area contributed by atoms with Crippen LogP contribution >= 0.6 is 0 Å². The first-order valence-corrected chi connectivity index (χ1v) is 8.06. The molecule has 0 aliphatic heterocycles. The minimum absolute atomic E-state index is 0.106. The van der Waals surface area contributed by atoms with Crippen molar-refractivity contribution in [2.75, 3.05) is 11.5 Å². The summed E-state index contributed by atoms with van der Waals surface area (Å²) in [6, 6.07) is 5.61. The van der Waals surface area contributed by atoms with Crippen molar-refractivity contribution in [3.05, 3.63) is 29.3 Å². The van der Waals surface area contributed by atoms with E-state index in [1.165, 1.54) is 0 Å². The van der Waals surface area contributed by atoms with Crippen molar-refractivity contribution in [2.24, 2.45) is 0 Å². The molecule has 0 spiro atoms. The Morgan fingerprint density at radius 2 is 2.22 bits per heavy atom. The second-order valence-electron chi connectivity index (χ2n) is 4.80. The molecule has 1 atom stereocenters. The molecule has 0 aromatic heterocycles. The molecule has 0 heterocycles. The highest BCUT2D eigenvalue weighted by Gasteiger charge is 2.27. The van der Waals surface area contributed by atoms with Crippen molar-refractivity contribution < 1.29 is 8.42 Å². The van der Waals surface area contributed by atoms with E-state index in [4.69, 9.17) is 5.73 Å². The van der Waals surface area contributed by atoms with Crippen molar-refractivity contribution in [3.63, 3.8) is 0 Å². The van der Waals surface area contributed by atoms with Crippen molar-refractivity contribution >= 4 is 15.7 Å². The summed E-state index contributed by atoms with van der Waals surface area (Å²) in [5.41, 5.74) is 8.80. The standard InChI is InChI=1S/C13H20N2O2S/c1-2-3-9-18(16,17)15-13-8-7-10-11(13)5-4-6-12(10)14/h4-6,13,15H,2-3,7-9,14H2,1H3. The van der Waals surface area contributed by atoms with Gasteiger partial charge in [0, 0.05) is 11.7 Å². The smallest absolute Gasteiger partial charge is 0.212 e. The van der Waals surface area contributed by atoms with Gasteiger partial charge in [0.15, 0.2) is 0 Å². The van der Waals surface area contributed by atoms with E-state index in [2.05, 4.69) is 4.72 Å². The summed E-state index contributed by atoms with van der Waals surface area (Å²) in [5, 5.41) is 0. The molecule has 1 aromatic rings. The lowest BCUT2D eigenvalue weighted by Crippen LogP contribution is -2.29. The molecule has 0 amide bonds. The molecular formula is C13H20N2O2S. The molecule has 0 saturated carbocycles. The van der Waals surface area contributed by atoms with Crippen LogP contribution in [0.4, 0.5) is 5.69 Å². The van der Waals surface area contributed by atoms with Gasteiger partial charge in [0.05, 0.1) is 5.75 Å². The first-order valence-electron chi connectivity index (χ1n) is 6.41. The summed E-state index contributed by atoms with van der Waals surface area (Å²) in [6.45, 7) is 1.99. The zero-order valence-electron chi connectivity index (χ0n) is 10.6. The van der Waals surface area contributed by atoms with Crippen LogP contribution in [0.2, 0.25) is 0 Å². The van der Waals surface area contributed by atoms with Crippen molar-refractivity contribution in [1.29, 1.82) is 0 Å². The molecule has 1 aromatic carbocycles. The average molecular weight is 268 g/mol. The zero-order valence-corrected chi connectivity index (χ0v) is 11.5. The number of rotatable bonds is 5. The van der Waals surface area contributed by atoms with Crippen LogP contribution in [0.15, 0.2) is 18.2 Å². The Labute approximate surface area is 109 Å². The minimum Gasteiger partial charge on any atom is -0.398 e. The molecule has 1 aliphatic rings. The molecule has 3 N–H and O–H groups in total. The Kier molecular flexibility index (Phi) is 3.92. The fourth-order valence-electron chi connectivity index (χ4n) is 2.42. The zero-order chi connectivity index (χ0) is 13.2. The van der Waals surface area contributed by atoms with E-state index in [0.29, 0.717) is 6.42 Å². The van der Waals surface area contributed by atoms with Gasteiger partial charge in [0.2, 0.25) is 10.0 Å². The van der Waals surface area contributed by atoms with Gasteiger partial charge in [-0.15, -0.1) is 0 Å². The van der Waals surface area contributed by atoms with Crippen LogP contribution in [0, 0.1) is 0 Å². The van der Waals surface area contributed by atoms with Crippen molar-refractivity contribution in [3.8, 4) is 0 Å². The van der Waals surface area contributed by atoms with Gasteiger partial charge in [-0.05, 0) is 36.5 Å². The van der Waals surface area contributed by atoms with Gasteiger partial charge in [-0.1, -0.05) is 25.5 Å². The van der Waals surface area contributed by atoms with Crippen LogP contribution in [-0.2, 0) is 16.4 Å². The second kappa shape index (κ2) is 5.28. The van der Waals surface area contributed by atoms with Crippen LogP contribution in [-0.4, -0.2) is 14.2 Å². The number of nitrogens with one attached hydrogen (secondary N) is 1. The van der Waals surface area contributed by atoms with Crippen LogP contribution in [0.1, 0.15) is 43.4 Å². The summed E-state index contributed by atoms with van der Waals surface area (Å²) in [7, 11) is -3.17. The normalized spacial score (nSPS) is 18.8. The molecular weight excluding hydrogens is 248 g/mol. The number of sulfonamides is 1. The number of benzene rings is 1. The summed E-state index contributed by atoms with van der Waals surface area (Å²) >= 11 is 0. The largest absolute Gasteiger partial charge is 0.398 e. The van der Waals surface area contributed by atoms with Crippen LogP contribution in [0.5, 0.6) is 0 Å². The molecule has 1 unspecified atom stereocenters. The van der Waals surface area contributed by atoms with Gasteiger partial charge >= 0.3 is 0 Å². The van der Waals surface area contributed by atoms with E-state index >= 15 is 0 Å². The lowest BCUT2D eigenvalue weighted by Gasteiger charge is -2.14. The van der Waals surface area contributed by atoms with E-state index in [1.807, 2.05) is 25.1 Å². The third-order valence-corrected chi connectivity index (χ3v) is 4.87. The lowest BCUT2D eigenvalue weighted by atomic mass is 10.1. The number of fused-ring (bicyclic) bond motifs is 1. The Hall–Kier alpha value is -1.07. The van der Waals surface area contributed by atoms with Gasteiger partial charge < -0.3 is 5.73 Å². The fraction of sp³-hybridized carbons (Fsp3) is 0.538. The lowest BCUT2D eigenvalue weighted by molar-refractivity contribution is 0.552. The van der Waals surface area contributed by atoms with Gasteiger partial charge in [-0.25, -0.2) is 13.1 Å². The van der Waals surface area contributed by atoms with Gasteiger partial charge in [-0.3, -0.25) is 0 Å². The van der Waals surface area contributed by atoms with Crippen molar-refractivity contribution in [2.45, 2.75) is 38.6 Å². The summed E-state index contributed by atoms with van der Waals surface area (Å²) in [4.78, 5) is 0. The molecule has 5 heteroatoms. The first-order chi connectivity index (χ1) is 8.53. The van der Waals surface area contributed by atoms with Gasteiger partial charge in [0.1, 0.15) is 0 Å². The Bertz CT molecular complexity index is 526. The monoisotopic (exact) mass is 268 g/mol. The van der Waals surface area contributed by atoms with Crippen LogP contribution in [0.3, 0.4) is 0 Å². The van der Waals surface area contributed by atoms with Gasteiger partial charge in [0.25, 0.3) is 0 Å². The number of hydrogen-bond donors (Lipinski definition) is 2. The highest BCUT2D eigenvalue weighted by Crippen LogP contribution is 2.34. The molecule has 18 heavy (non-hydrogen) atoms. The number of nitrogen functional groups attached to an aromatic ring is 1. The van der Waals surface area contributed by atoms with E-state index in [0.717, 1.165) is 36.1 Å². The van der Waals surface area contributed by atoms with E-state index in [-0.39, 0.29) is 11.8 Å². The quantitative estimate of drug-likeness (QED) is 0.802. The second-order valence-corrected chi connectivity index (χ2v) is 6.67. The predicted molar refractivity (Wildman–Crippen MR) is 73.7 cm³/mol. The SMILES string of the molecule is CCCCS(=O)(=O)NC1CCc2c(N)cccc21. The van der Waals surface area contributed by atoms with Crippen LogP contribution in [0.25, 0.3) is 0 Å². The molecule has 2 rings (SSSR count). The van der Waals surface area contributed by atoms with Crippen LogP contribution < -0.4 is 10.5 Å². The molecule has 1 aliphatic carbocycles. The fourth-order valence-corrected chi connectivity index (χ4v) is 3.88. The maximum atomic E-state index is 11.9. The first kappa shape index (κ1) is 13.4. The molecule has 100 valence electrons. The summed E-state index contributed by atoms with van der Waals surface area (Å²) < 4.78 is 26.6. The maximum absolute atomic E-state index is 11.9. The highest BCUT2D eigenvalue weighted by atomic mass is 32.2. The summed E-state index contributed by atoms with van der Waals surface area (Å²) in [6.07, 6.45) is 3.23. The Morgan fingerprint density at radius 3 is 2.94 bits per heavy atom. The Morgan fingerprint density at radius 1 is 1.44 bits per heavy atom. The molecule has 0 bridgehead atoms. The van der Waals surface area contributed by atoms with Gasteiger partial charge in [-0.2, -0.15) is 0 Å². The van der Waals surface area contributed by atoms with E-state index in [1.54, 1.807) is 0 Å². The topological polar surface area (TPSA) is 72.2 Å². The third kappa shape index (κ3) is 2.84. The number of hydrogen-bond acceptors (Lipinski definition) is 3. The molecule has 0 fully saturated rings. The predicted octanol–water partition coefficient (Wildman–Crippen LogP) is 1.98.